The Morgan fingerprint density at radius 1 is 1.33 bits per heavy atom. The Kier molecular flexibility index (Phi) is 3.65. The van der Waals surface area contributed by atoms with Crippen molar-refractivity contribution in [1.82, 2.24) is 0 Å². The minimum absolute atomic E-state index is 1.03. The summed E-state index contributed by atoms with van der Waals surface area (Å²) in [5.74, 6) is 0. The number of unbranched alkanes of at least 4 members (excludes halogenated alkanes) is 2. The summed E-state index contributed by atoms with van der Waals surface area (Å²) < 4.78 is 0. The van der Waals surface area contributed by atoms with Crippen LogP contribution in [0.15, 0.2) is 18.2 Å². The average Bonchev–Trinajstić information content (AvgIpc) is 2.30. The van der Waals surface area contributed by atoms with E-state index in [1.807, 2.05) is 0 Å². The number of nitrogens with one attached hydrogen (secondary N) is 1. The molecule has 1 nitrogen and oxygen atoms in total. The van der Waals surface area contributed by atoms with Crippen LogP contribution in [0.3, 0.4) is 0 Å². The number of hydrogen-bond donors (Lipinski definition) is 1. The molecule has 1 aliphatic heterocycles. The van der Waals surface area contributed by atoms with Crippen molar-refractivity contribution in [2.75, 3.05) is 11.9 Å². The van der Waals surface area contributed by atoms with Crippen LogP contribution in [0.5, 0.6) is 0 Å². The van der Waals surface area contributed by atoms with Gasteiger partial charge in [-0.25, -0.2) is 0 Å². The topological polar surface area (TPSA) is 12.0 Å². The van der Waals surface area contributed by atoms with E-state index in [0.29, 0.717) is 0 Å². The van der Waals surface area contributed by atoms with Gasteiger partial charge in [0.1, 0.15) is 0 Å². The summed E-state index contributed by atoms with van der Waals surface area (Å²) in [6.45, 7) is 3.28. The summed E-state index contributed by atoms with van der Waals surface area (Å²) in [5, 5.41) is 3.43. The van der Waals surface area contributed by atoms with Crippen LogP contribution in [0.2, 0.25) is 0 Å². The summed E-state index contributed by atoms with van der Waals surface area (Å²) in [5.41, 5.74) is 4.07. The molecule has 1 aliphatic rings. The predicted molar refractivity (Wildman–Crippen MR) is 65.1 cm³/mol. The number of hydrogen-bond acceptors (Lipinski definition) is 1. The maximum absolute atomic E-state index is 3.50. The van der Waals surface area contributed by atoms with Gasteiger partial charge in [-0.15, -0.1) is 0 Å². The summed E-state index contributed by atoms with van der Waals surface area (Å²) in [7, 11) is 0. The molecule has 0 fully saturated rings. The molecule has 1 aromatic rings. The van der Waals surface area contributed by atoms with Crippen LogP contribution in [0, 0.1) is 6.42 Å². The lowest BCUT2D eigenvalue weighted by atomic mass is 9.94. The van der Waals surface area contributed by atoms with Gasteiger partial charge in [0.05, 0.1) is 0 Å². The maximum Gasteiger partial charge on any atom is 0.0381 e. The Bertz CT molecular complexity index is 317. The van der Waals surface area contributed by atoms with E-state index in [1.165, 1.54) is 42.5 Å². The lowest BCUT2D eigenvalue weighted by Gasteiger charge is -2.20. The molecule has 1 aromatic carbocycles. The van der Waals surface area contributed by atoms with Crippen molar-refractivity contribution in [3.63, 3.8) is 0 Å². The van der Waals surface area contributed by atoms with E-state index in [2.05, 4.69) is 36.9 Å². The molecule has 0 unspecified atom stereocenters. The fraction of sp³-hybridized carbons (Fsp3) is 0.500. The molecule has 0 saturated carbocycles. The minimum Gasteiger partial charge on any atom is -0.385 e. The summed E-state index contributed by atoms with van der Waals surface area (Å²) in [4.78, 5) is 0. The molecule has 1 N–H and O–H groups in total. The largest absolute Gasteiger partial charge is 0.385 e. The van der Waals surface area contributed by atoms with Crippen LogP contribution in [0.25, 0.3) is 0 Å². The van der Waals surface area contributed by atoms with Crippen LogP contribution < -0.4 is 5.32 Å². The summed E-state index contributed by atoms with van der Waals surface area (Å²) in [6.07, 6.45) is 9.66. The van der Waals surface area contributed by atoms with Crippen molar-refractivity contribution in [3.8, 4) is 0 Å². The lowest BCUT2D eigenvalue weighted by Crippen LogP contribution is -2.12. The van der Waals surface area contributed by atoms with Gasteiger partial charge in [0.15, 0.2) is 0 Å². The van der Waals surface area contributed by atoms with Gasteiger partial charge in [-0.3, -0.25) is 0 Å². The second kappa shape index (κ2) is 5.20. The monoisotopic (exact) mass is 201 g/mol. The molecule has 80 valence electrons. The van der Waals surface area contributed by atoms with E-state index in [0.717, 1.165) is 13.0 Å². The van der Waals surface area contributed by atoms with E-state index in [9.17, 15) is 0 Å². The Hall–Kier alpha value is -0.980. The highest BCUT2D eigenvalue weighted by molar-refractivity contribution is 5.60. The number of benzene rings is 1. The molecule has 0 saturated heterocycles. The van der Waals surface area contributed by atoms with Crippen LogP contribution in [-0.2, 0) is 6.42 Å². The molecule has 0 bridgehead atoms. The van der Waals surface area contributed by atoms with Crippen LogP contribution >= 0.6 is 0 Å². The number of fused-ring (bicyclic) bond motifs is 1. The van der Waals surface area contributed by atoms with Gasteiger partial charge in [0, 0.05) is 18.7 Å². The van der Waals surface area contributed by atoms with E-state index in [-0.39, 0.29) is 0 Å². The molecule has 0 aromatic heterocycles. The average molecular weight is 201 g/mol. The zero-order chi connectivity index (χ0) is 10.5. The lowest BCUT2D eigenvalue weighted by molar-refractivity contribution is 0.714. The number of anilines is 1. The van der Waals surface area contributed by atoms with Crippen molar-refractivity contribution >= 4 is 5.69 Å². The third-order valence-electron chi connectivity index (χ3n) is 2.94. The van der Waals surface area contributed by atoms with E-state index in [1.54, 1.807) is 0 Å². The Labute approximate surface area is 92.9 Å². The molecule has 1 heteroatoms. The smallest absolute Gasteiger partial charge is 0.0381 e. The van der Waals surface area contributed by atoms with Crippen molar-refractivity contribution < 1.29 is 0 Å². The standard InChI is InChI=1S/C14H19N/c1-2-3-4-7-12-8-5-10-14-13(12)9-6-11-15-14/h5,8,10,15H,2-4,6-7,11H2,1H3. The Morgan fingerprint density at radius 2 is 2.27 bits per heavy atom. The highest BCUT2D eigenvalue weighted by atomic mass is 14.9. The minimum atomic E-state index is 1.03. The van der Waals surface area contributed by atoms with Gasteiger partial charge >= 0.3 is 0 Å². The molecular formula is C14H19N. The molecule has 2 radical (unpaired) electrons. The molecule has 0 spiro atoms. The molecular weight excluding hydrogens is 182 g/mol. The third-order valence-corrected chi connectivity index (χ3v) is 2.94. The molecule has 0 amide bonds. The molecule has 2 rings (SSSR count). The van der Waals surface area contributed by atoms with Crippen LogP contribution in [-0.4, -0.2) is 6.54 Å². The normalized spacial score (nSPS) is 14.5. The fourth-order valence-electron chi connectivity index (χ4n) is 2.11. The highest BCUT2D eigenvalue weighted by Gasteiger charge is 2.12. The maximum atomic E-state index is 3.50. The predicted octanol–water partition coefficient (Wildman–Crippen LogP) is 3.66. The van der Waals surface area contributed by atoms with E-state index in [4.69, 9.17) is 0 Å². The first-order chi connectivity index (χ1) is 7.42. The highest BCUT2D eigenvalue weighted by Crippen LogP contribution is 2.27. The summed E-state index contributed by atoms with van der Waals surface area (Å²) >= 11 is 0. The quantitative estimate of drug-likeness (QED) is 0.733. The van der Waals surface area contributed by atoms with E-state index < -0.39 is 0 Å². The number of rotatable bonds is 4. The Balaban J connectivity index is 2.09. The fourth-order valence-corrected chi connectivity index (χ4v) is 2.11. The van der Waals surface area contributed by atoms with Gasteiger partial charge in [0.25, 0.3) is 0 Å². The third kappa shape index (κ3) is 2.53. The first kappa shape index (κ1) is 10.5. The van der Waals surface area contributed by atoms with Crippen molar-refractivity contribution in [1.29, 1.82) is 0 Å². The molecule has 1 heterocycles. The van der Waals surface area contributed by atoms with Gasteiger partial charge in [-0.1, -0.05) is 31.9 Å². The zero-order valence-corrected chi connectivity index (χ0v) is 9.47. The second-order valence-electron chi connectivity index (χ2n) is 4.15. The van der Waals surface area contributed by atoms with Gasteiger partial charge < -0.3 is 5.32 Å². The molecule has 15 heavy (non-hydrogen) atoms. The van der Waals surface area contributed by atoms with Crippen molar-refractivity contribution in [3.05, 3.63) is 35.7 Å². The Morgan fingerprint density at radius 3 is 3.13 bits per heavy atom. The van der Waals surface area contributed by atoms with Gasteiger partial charge in [-0.2, -0.15) is 0 Å². The van der Waals surface area contributed by atoms with Gasteiger partial charge in [0.2, 0.25) is 0 Å². The summed E-state index contributed by atoms with van der Waals surface area (Å²) in [6, 6.07) is 6.55. The van der Waals surface area contributed by atoms with Gasteiger partial charge in [-0.05, 0) is 36.5 Å². The SMILES string of the molecule is CCCCCc1cccc2c1[C]CCN2. The first-order valence-corrected chi connectivity index (χ1v) is 6.01. The second-order valence-corrected chi connectivity index (χ2v) is 4.15. The first-order valence-electron chi connectivity index (χ1n) is 6.01. The molecule has 0 aliphatic carbocycles. The molecule has 0 atom stereocenters. The van der Waals surface area contributed by atoms with E-state index >= 15 is 0 Å². The van der Waals surface area contributed by atoms with Crippen molar-refractivity contribution in [2.24, 2.45) is 0 Å². The van der Waals surface area contributed by atoms with Crippen LogP contribution in [0.4, 0.5) is 5.69 Å². The van der Waals surface area contributed by atoms with Crippen LogP contribution in [0.1, 0.15) is 43.7 Å². The zero-order valence-electron chi connectivity index (χ0n) is 9.47. The van der Waals surface area contributed by atoms with Crippen molar-refractivity contribution in [2.45, 2.75) is 39.0 Å². The number of aryl methyl sites for hydroxylation is 1.